The summed E-state index contributed by atoms with van der Waals surface area (Å²) in [6, 6.07) is 10.5. The lowest BCUT2D eigenvalue weighted by Crippen LogP contribution is -2.16. The first-order chi connectivity index (χ1) is 10.5. The van der Waals surface area contributed by atoms with Crippen LogP contribution in [0.4, 0.5) is 5.69 Å². The Morgan fingerprint density at radius 2 is 1.68 bits per heavy atom. The van der Waals surface area contributed by atoms with E-state index in [1.807, 2.05) is 0 Å². The summed E-state index contributed by atoms with van der Waals surface area (Å²) in [6.45, 7) is 0. The van der Waals surface area contributed by atoms with E-state index in [-0.39, 0.29) is 11.4 Å². The Hall–Kier alpha value is -3.22. The predicted molar refractivity (Wildman–Crippen MR) is 78.5 cm³/mol. The number of primary amides is 1. The molecular formula is C15H13N3O4. The molecule has 0 bridgehead atoms. The molecule has 2 aromatic rings. The number of nitrogens with zero attached hydrogens (tertiary/aromatic N) is 1. The largest absolute Gasteiger partial charge is 0.464 e. The number of methoxy groups -OCH3 is 1. The number of aromatic nitrogens is 1. The zero-order chi connectivity index (χ0) is 16.1. The highest BCUT2D eigenvalue weighted by Gasteiger charge is 2.12. The van der Waals surface area contributed by atoms with Crippen LogP contribution in [0.25, 0.3) is 0 Å². The van der Waals surface area contributed by atoms with Gasteiger partial charge in [-0.3, -0.25) is 9.59 Å². The van der Waals surface area contributed by atoms with Gasteiger partial charge in [0.15, 0.2) is 0 Å². The van der Waals surface area contributed by atoms with Crippen molar-refractivity contribution >= 4 is 23.5 Å². The molecule has 0 atom stereocenters. The predicted octanol–water partition coefficient (Wildman–Crippen LogP) is 1.22. The smallest absolute Gasteiger partial charge is 0.356 e. The van der Waals surface area contributed by atoms with E-state index in [4.69, 9.17) is 5.73 Å². The first-order valence-corrected chi connectivity index (χ1v) is 6.28. The van der Waals surface area contributed by atoms with Gasteiger partial charge < -0.3 is 15.8 Å². The molecule has 112 valence electrons. The standard InChI is InChI=1S/C15H13N3O4/c1-22-15(21)12-4-2-3-11(18-12)14(20)17-10-7-5-9(6-8-10)13(16)19/h2-8H,1H3,(H2,16,19)(H,17,20). The summed E-state index contributed by atoms with van der Waals surface area (Å²) in [5.41, 5.74) is 6.06. The SMILES string of the molecule is COC(=O)c1cccc(C(=O)Nc2ccc(C(N)=O)cc2)n1. The van der Waals surface area contributed by atoms with Gasteiger partial charge >= 0.3 is 5.97 Å². The summed E-state index contributed by atoms with van der Waals surface area (Å²) in [7, 11) is 1.23. The molecule has 0 saturated carbocycles. The number of carbonyl (C=O) groups is 3. The number of amides is 2. The zero-order valence-electron chi connectivity index (χ0n) is 11.7. The fraction of sp³-hybridized carbons (Fsp3) is 0.0667. The average molecular weight is 299 g/mol. The van der Waals surface area contributed by atoms with E-state index in [0.29, 0.717) is 11.3 Å². The lowest BCUT2D eigenvalue weighted by molar-refractivity contribution is 0.0593. The van der Waals surface area contributed by atoms with Crippen LogP contribution in [0.5, 0.6) is 0 Å². The van der Waals surface area contributed by atoms with Gasteiger partial charge in [-0.25, -0.2) is 9.78 Å². The van der Waals surface area contributed by atoms with Crippen molar-refractivity contribution in [3.63, 3.8) is 0 Å². The second kappa shape index (κ2) is 6.49. The minimum atomic E-state index is -0.625. The number of rotatable bonds is 4. The fourth-order valence-corrected chi connectivity index (χ4v) is 1.69. The van der Waals surface area contributed by atoms with Crippen molar-refractivity contribution in [1.29, 1.82) is 0 Å². The lowest BCUT2D eigenvalue weighted by atomic mass is 10.2. The summed E-state index contributed by atoms with van der Waals surface area (Å²) in [4.78, 5) is 38.4. The zero-order valence-corrected chi connectivity index (χ0v) is 11.7. The van der Waals surface area contributed by atoms with Crippen molar-refractivity contribution in [3.05, 3.63) is 59.4 Å². The van der Waals surface area contributed by atoms with Gasteiger partial charge in [-0.05, 0) is 36.4 Å². The van der Waals surface area contributed by atoms with Gasteiger partial charge in [0, 0.05) is 11.3 Å². The molecule has 0 aliphatic carbocycles. The molecule has 2 rings (SSSR count). The highest BCUT2D eigenvalue weighted by molar-refractivity contribution is 6.03. The molecule has 0 spiro atoms. The minimum absolute atomic E-state index is 0.0410. The number of esters is 1. The van der Waals surface area contributed by atoms with E-state index < -0.39 is 17.8 Å². The van der Waals surface area contributed by atoms with Crippen LogP contribution in [0.15, 0.2) is 42.5 Å². The fourth-order valence-electron chi connectivity index (χ4n) is 1.69. The number of pyridine rings is 1. The van der Waals surface area contributed by atoms with Crippen molar-refractivity contribution in [1.82, 2.24) is 4.98 Å². The van der Waals surface area contributed by atoms with Crippen molar-refractivity contribution < 1.29 is 19.1 Å². The molecule has 3 N–H and O–H groups in total. The quantitative estimate of drug-likeness (QED) is 0.824. The molecule has 0 unspecified atom stereocenters. The maximum absolute atomic E-state index is 12.1. The Morgan fingerprint density at radius 3 is 2.27 bits per heavy atom. The monoisotopic (exact) mass is 299 g/mol. The van der Waals surface area contributed by atoms with Crippen LogP contribution in [-0.4, -0.2) is 29.9 Å². The number of carbonyl (C=O) groups excluding carboxylic acids is 3. The summed E-state index contributed by atoms with van der Waals surface area (Å²) >= 11 is 0. The molecule has 0 aliphatic heterocycles. The molecule has 0 fully saturated rings. The van der Waals surface area contributed by atoms with E-state index in [9.17, 15) is 14.4 Å². The van der Waals surface area contributed by atoms with Crippen molar-refractivity contribution in [2.24, 2.45) is 5.73 Å². The summed E-state index contributed by atoms with van der Waals surface area (Å²) in [5, 5.41) is 2.60. The normalized spacial score (nSPS) is 9.86. The van der Waals surface area contributed by atoms with Crippen molar-refractivity contribution in [3.8, 4) is 0 Å². The Labute approximate surface area is 126 Å². The molecular weight excluding hydrogens is 286 g/mol. The number of hydrogen-bond donors (Lipinski definition) is 2. The Balaban J connectivity index is 2.15. The van der Waals surface area contributed by atoms with Gasteiger partial charge in [0.2, 0.25) is 5.91 Å². The number of ether oxygens (including phenoxy) is 1. The number of anilines is 1. The van der Waals surface area contributed by atoms with Crippen LogP contribution in [0.1, 0.15) is 31.3 Å². The Morgan fingerprint density at radius 1 is 1.05 bits per heavy atom. The number of nitrogens with one attached hydrogen (secondary N) is 1. The summed E-state index contributed by atoms with van der Waals surface area (Å²) in [6.07, 6.45) is 0. The van der Waals surface area contributed by atoms with Crippen LogP contribution in [0, 0.1) is 0 Å². The van der Waals surface area contributed by atoms with E-state index in [1.165, 1.54) is 37.4 Å². The van der Waals surface area contributed by atoms with Gasteiger partial charge in [0.25, 0.3) is 5.91 Å². The van der Waals surface area contributed by atoms with Crippen molar-refractivity contribution in [2.45, 2.75) is 0 Å². The van der Waals surface area contributed by atoms with Crippen LogP contribution in [0.2, 0.25) is 0 Å². The van der Waals surface area contributed by atoms with Gasteiger partial charge in [-0.15, -0.1) is 0 Å². The van der Waals surface area contributed by atoms with Crippen LogP contribution in [0.3, 0.4) is 0 Å². The second-order valence-electron chi connectivity index (χ2n) is 4.30. The number of benzene rings is 1. The summed E-state index contributed by atoms with van der Waals surface area (Å²) in [5.74, 6) is -1.66. The molecule has 7 nitrogen and oxygen atoms in total. The highest BCUT2D eigenvalue weighted by Crippen LogP contribution is 2.11. The molecule has 22 heavy (non-hydrogen) atoms. The maximum atomic E-state index is 12.1. The Kier molecular flexibility index (Phi) is 4.47. The molecule has 0 saturated heterocycles. The third-order valence-electron chi connectivity index (χ3n) is 2.80. The molecule has 1 aromatic heterocycles. The lowest BCUT2D eigenvalue weighted by Gasteiger charge is -2.06. The molecule has 7 heteroatoms. The number of nitrogens with two attached hydrogens (primary N) is 1. The topological polar surface area (TPSA) is 111 Å². The first-order valence-electron chi connectivity index (χ1n) is 6.28. The molecule has 1 aromatic carbocycles. The minimum Gasteiger partial charge on any atom is -0.464 e. The van der Waals surface area contributed by atoms with E-state index in [0.717, 1.165) is 0 Å². The summed E-state index contributed by atoms with van der Waals surface area (Å²) < 4.78 is 4.55. The molecule has 1 heterocycles. The van der Waals surface area contributed by atoms with Gasteiger partial charge in [0.1, 0.15) is 11.4 Å². The number of hydrogen-bond acceptors (Lipinski definition) is 5. The van der Waals surface area contributed by atoms with Gasteiger partial charge in [0.05, 0.1) is 7.11 Å². The molecule has 0 radical (unpaired) electrons. The Bertz CT molecular complexity index is 726. The maximum Gasteiger partial charge on any atom is 0.356 e. The third kappa shape index (κ3) is 3.45. The van der Waals surface area contributed by atoms with Gasteiger partial charge in [-0.1, -0.05) is 6.07 Å². The third-order valence-corrected chi connectivity index (χ3v) is 2.80. The van der Waals surface area contributed by atoms with Gasteiger partial charge in [-0.2, -0.15) is 0 Å². The molecule has 2 amide bonds. The van der Waals surface area contributed by atoms with E-state index in [1.54, 1.807) is 12.1 Å². The van der Waals surface area contributed by atoms with Crippen LogP contribution in [-0.2, 0) is 4.74 Å². The van der Waals surface area contributed by atoms with Crippen LogP contribution >= 0.6 is 0 Å². The second-order valence-corrected chi connectivity index (χ2v) is 4.30. The molecule has 0 aliphatic rings. The van der Waals surface area contributed by atoms with Crippen LogP contribution < -0.4 is 11.1 Å². The average Bonchev–Trinajstić information content (AvgIpc) is 2.54. The first kappa shape index (κ1) is 15.2. The van der Waals surface area contributed by atoms with Crippen molar-refractivity contribution in [2.75, 3.05) is 12.4 Å². The highest BCUT2D eigenvalue weighted by atomic mass is 16.5. The van der Waals surface area contributed by atoms with E-state index in [2.05, 4.69) is 15.0 Å². The van der Waals surface area contributed by atoms with E-state index >= 15 is 0 Å².